The van der Waals surface area contributed by atoms with Crippen molar-refractivity contribution in [2.45, 2.75) is 32.3 Å². The van der Waals surface area contributed by atoms with E-state index in [4.69, 9.17) is 0 Å². The fourth-order valence-electron chi connectivity index (χ4n) is 3.39. The van der Waals surface area contributed by atoms with Gasteiger partial charge in [-0.25, -0.2) is 4.39 Å². The smallest absolute Gasteiger partial charge is 0.259 e. The number of hydrogen-bond donors (Lipinski definition) is 2. The minimum absolute atomic E-state index is 0.00416. The van der Waals surface area contributed by atoms with Crippen molar-refractivity contribution in [2.75, 3.05) is 13.1 Å². The molecule has 24 heavy (non-hydrogen) atoms. The summed E-state index contributed by atoms with van der Waals surface area (Å²) in [5.74, 6) is -0.929. The Morgan fingerprint density at radius 3 is 2.96 bits per heavy atom. The average Bonchev–Trinajstić information content (AvgIpc) is 2.55. The van der Waals surface area contributed by atoms with Gasteiger partial charge in [-0.2, -0.15) is 0 Å². The number of nitrogens with one attached hydrogen (secondary N) is 1. The van der Waals surface area contributed by atoms with Crippen molar-refractivity contribution < 1.29 is 14.3 Å². The number of piperidine rings is 1. The lowest BCUT2D eigenvalue weighted by molar-refractivity contribution is -0.0521. The van der Waals surface area contributed by atoms with Crippen LogP contribution in [0.3, 0.4) is 0 Å². The Kier molecular flexibility index (Phi) is 4.17. The molecule has 3 rings (SSSR count). The summed E-state index contributed by atoms with van der Waals surface area (Å²) in [5.41, 5.74) is -0.779. The van der Waals surface area contributed by atoms with Gasteiger partial charge in [0.15, 0.2) is 0 Å². The topological polar surface area (TPSA) is 73.4 Å². The first-order valence-corrected chi connectivity index (χ1v) is 8.16. The summed E-state index contributed by atoms with van der Waals surface area (Å²) < 4.78 is 13.4. The van der Waals surface area contributed by atoms with E-state index in [0.29, 0.717) is 25.0 Å². The van der Waals surface area contributed by atoms with E-state index in [9.17, 15) is 19.1 Å². The summed E-state index contributed by atoms with van der Waals surface area (Å²) in [6.45, 7) is 4.55. The molecule has 2 atom stereocenters. The van der Waals surface area contributed by atoms with Crippen LogP contribution in [0.4, 0.5) is 4.39 Å². The van der Waals surface area contributed by atoms with Crippen molar-refractivity contribution in [1.29, 1.82) is 0 Å². The number of likely N-dealkylation sites (tertiary alicyclic amines) is 1. The number of fused-ring (bicyclic) bond motifs is 1. The molecule has 1 fully saturated rings. The number of pyridine rings is 1. The van der Waals surface area contributed by atoms with Crippen LogP contribution in [0.2, 0.25) is 0 Å². The van der Waals surface area contributed by atoms with E-state index in [1.54, 1.807) is 11.8 Å². The van der Waals surface area contributed by atoms with E-state index < -0.39 is 16.8 Å². The summed E-state index contributed by atoms with van der Waals surface area (Å²) in [6.07, 6.45) is 2.60. The molecule has 2 N–H and O–H groups in total. The molecule has 0 bridgehead atoms. The minimum Gasteiger partial charge on any atom is -0.390 e. The summed E-state index contributed by atoms with van der Waals surface area (Å²) in [6, 6.07) is 3.88. The Hall–Kier alpha value is -2.21. The van der Waals surface area contributed by atoms with Gasteiger partial charge in [-0.3, -0.25) is 9.59 Å². The van der Waals surface area contributed by atoms with Gasteiger partial charge in [-0.05, 0) is 38.0 Å². The van der Waals surface area contributed by atoms with Crippen molar-refractivity contribution in [3.63, 3.8) is 0 Å². The van der Waals surface area contributed by atoms with Gasteiger partial charge in [0.1, 0.15) is 11.4 Å². The molecule has 128 valence electrons. The second-order valence-corrected chi connectivity index (χ2v) is 6.68. The number of halogens is 1. The van der Waals surface area contributed by atoms with Gasteiger partial charge in [0, 0.05) is 36.1 Å². The molecule has 0 unspecified atom stereocenters. The lowest BCUT2D eigenvalue weighted by Gasteiger charge is -2.42. The number of H-pyrrole nitrogens is 1. The van der Waals surface area contributed by atoms with E-state index >= 15 is 0 Å². The summed E-state index contributed by atoms with van der Waals surface area (Å²) >= 11 is 0. The van der Waals surface area contributed by atoms with Crippen molar-refractivity contribution >= 4 is 16.8 Å². The molecule has 0 aliphatic carbocycles. The first-order chi connectivity index (χ1) is 11.3. The van der Waals surface area contributed by atoms with Gasteiger partial charge in [-0.15, -0.1) is 0 Å². The number of aromatic amines is 1. The maximum atomic E-state index is 13.4. The van der Waals surface area contributed by atoms with Crippen LogP contribution < -0.4 is 5.43 Å². The van der Waals surface area contributed by atoms with Gasteiger partial charge in [0.2, 0.25) is 5.43 Å². The Bertz CT molecular complexity index is 844. The van der Waals surface area contributed by atoms with Crippen molar-refractivity contribution in [3.05, 3.63) is 46.0 Å². The lowest BCUT2D eigenvalue weighted by Crippen LogP contribution is -2.52. The van der Waals surface area contributed by atoms with Crippen LogP contribution in [0.5, 0.6) is 0 Å². The summed E-state index contributed by atoms with van der Waals surface area (Å²) in [5, 5.41) is 10.5. The maximum absolute atomic E-state index is 13.4. The number of carbonyl (C=O) groups is 1. The van der Waals surface area contributed by atoms with Crippen LogP contribution in [-0.2, 0) is 0 Å². The van der Waals surface area contributed by atoms with Gasteiger partial charge in [0.25, 0.3) is 5.91 Å². The molecule has 1 aromatic carbocycles. The van der Waals surface area contributed by atoms with Crippen LogP contribution in [0.1, 0.15) is 37.0 Å². The quantitative estimate of drug-likeness (QED) is 0.886. The number of rotatable bonds is 2. The van der Waals surface area contributed by atoms with Crippen LogP contribution in [0, 0.1) is 11.7 Å². The number of nitrogens with zero attached hydrogens (tertiary/aromatic N) is 1. The third kappa shape index (κ3) is 2.82. The van der Waals surface area contributed by atoms with Crippen LogP contribution >= 0.6 is 0 Å². The van der Waals surface area contributed by atoms with Gasteiger partial charge in [0.05, 0.1) is 5.60 Å². The van der Waals surface area contributed by atoms with Crippen molar-refractivity contribution in [3.8, 4) is 0 Å². The minimum atomic E-state index is -0.801. The highest BCUT2D eigenvalue weighted by Crippen LogP contribution is 2.30. The van der Waals surface area contributed by atoms with E-state index in [0.717, 1.165) is 12.5 Å². The number of aliphatic hydroxyl groups is 1. The van der Waals surface area contributed by atoms with Crippen molar-refractivity contribution in [1.82, 2.24) is 9.88 Å². The fraction of sp³-hybridized carbons (Fsp3) is 0.444. The van der Waals surface area contributed by atoms with E-state index in [2.05, 4.69) is 4.98 Å². The zero-order valence-electron chi connectivity index (χ0n) is 13.8. The third-order valence-corrected chi connectivity index (χ3v) is 5.06. The molecule has 0 saturated carbocycles. The number of hydrogen-bond acceptors (Lipinski definition) is 3. The maximum Gasteiger partial charge on any atom is 0.259 e. The lowest BCUT2D eigenvalue weighted by atomic mass is 9.81. The SMILES string of the molecule is CC[C@H]1CN(C(=O)c2c[nH]c3ccc(F)cc3c2=O)CC[C@@]1(C)O. The third-order valence-electron chi connectivity index (χ3n) is 5.06. The normalized spacial score (nSPS) is 24.3. The van der Waals surface area contributed by atoms with Gasteiger partial charge < -0.3 is 15.0 Å². The molecule has 5 nitrogen and oxygen atoms in total. The Morgan fingerprint density at radius 2 is 2.25 bits per heavy atom. The largest absolute Gasteiger partial charge is 0.390 e. The average molecular weight is 332 g/mol. The van der Waals surface area contributed by atoms with Crippen LogP contribution in [0.15, 0.2) is 29.2 Å². The summed E-state index contributed by atoms with van der Waals surface area (Å²) in [4.78, 5) is 29.8. The van der Waals surface area contributed by atoms with Crippen LogP contribution in [-0.4, -0.2) is 39.6 Å². The molecule has 1 saturated heterocycles. The Labute approximate surface area is 139 Å². The number of aromatic nitrogens is 1. The molecular formula is C18H21FN2O3. The first-order valence-electron chi connectivity index (χ1n) is 8.16. The Balaban J connectivity index is 1.95. The molecule has 2 heterocycles. The molecule has 1 amide bonds. The second kappa shape index (κ2) is 6.02. The van der Waals surface area contributed by atoms with E-state index in [1.165, 1.54) is 18.3 Å². The molecule has 1 aliphatic rings. The monoisotopic (exact) mass is 332 g/mol. The highest BCUT2D eigenvalue weighted by molar-refractivity contribution is 5.97. The molecule has 1 aliphatic heterocycles. The molecule has 0 radical (unpaired) electrons. The summed E-state index contributed by atoms with van der Waals surface area (Å²) in [7, 11) is 0. The highest BCUT2D eigenvalue weighted by atomic mass is 19.1. The highest BCUT2D eigenvalue weighted by Gasteiger charge is 2.38. The molecule has 6 heteroatoms. The fourth-order valence-corrected chi connectivity index (χ4v) is 3.39. The first kappa shape index (κ1) is 16.6. The van der Waals surface area contributed by atoms with E-state index in [1.807, 2.05) is 6.92 Å². The van der Waals surface area contributed by atoms with Crippen molar-refractivity contribution in [2.24, 2.45) is 5.92 Å². The second-order valence-electron chi connectivity index (χ2n) is 6.68. The zero-order valence-corrected chi connectivity index (χ0v) is 13.8. The number of benzene rings is 1. The number of carbonyl (C=O) groups excluding carboxylic acids is 1. The standard InChI is InChI=1S/C18H21FN2O3/c1-3-11-10-21(7-6-18(11,2)24)17(23)14-9-20-15-5-4-12(19)8-13(15)16(14)22/h4-5,8-9,11,24H,3,6-7,10H2,1-2H3,(H,20,22)/t11-,18+/m0/s1. The van der Waals surface area contributed by atoms with Crippen LogP contribution in [0.25, 0.3) is 10.9 Å². The predicted molar refractivity (Wildman–Crippen MR) is 89.5 cm³/mol. The predicted octanol–water partition coefficient (Wildman–Crippen LogP) is 2.29. The molecule has 2 aromatic rings. The molecular weight excluding hydrogens is 311 g/mol. The Morgan fingerprint density at radius 1 is 1.50 bits per heavy atom. The molecule has 0 spiro atoms. The van der Waals surface area contributed by atoms with Gasteiger partial charge in [-0.1, -0.05) is 6.92 Å². The number of amides is 1. The molecule has 1 aromatic heterocycles. The van der Waals surface area contributed by atoms with Gasteiger partial charge >= 0.3 is 0 Å². The zero-order chi connectivity index (χ0) is 17.5. The van der Waals surface area contributed by atoms with E-state index in [-0.39, 0.29) is 22.8 Å².